The number of aliphatic hydroxyl groups is 2. The van der Waals surface area contributed by atoms with Gasteiger partial charge in [-0.15, -0.1) is 0 Å². The van der Waals surface area contributed by atoms with E-state index in [9.17, 15) is 9.59 Å². The summed E-state index contributed by atoms with van der Waals surface area (Å²) in [5, 5.41) is 22.9. The van der Waals surface area contributed by atoms with Crippen molar-refractivity contribution in [2.24, 2.45) is 0 Å². The molecule has 1 aromatic rings. The molecule has 0 spiro atoms. The van der Waals surface area contributed by atoms with Crippen molar-refractivity contribution in [1.82, 2.24) is 5.32 Å². The van der Waals surface area contributed by atoms with Gasteiger partial charge >= 0.3 is 6.03 Å². The number of amides is 3. The standard InChI is InChI=1S/C15H21N3O4/c1-10-7-11(17-15(22)16-8-12(20)9-19)4-5-13(10)18-6-2-3-14(18)21/h4-5,7,12,19-20H,2-3,6,8-9H2,1H3,(H2,16,17,22). The summed E-state index contributed by atoms with van der Waals surface area (Å²) in [6.45, 7) is 2.19. The smallest absolute Gasteiger partial charge is 0.319 e. The Morgan fingerprint density at radius 2 is 2.23 bits per heavy atom. The fraction of sp³-hybridized carbons (Fsp3) is 0.467. The van der Waals surface area contributed by atoms with Crippen LogP contribution in [0.2, 0.25) is 0 Å². The van der Waals surface area contributed by atoms with Crippen LogP contribution in [0.4, 0.5) is 16.2 Å². The zero-order valence-corrected chi connectivity index (χ0v) is 12.5. The topological polar surface area (TPSA) is 102 Å². The maximum absolute atomic E-state index is 11.8. The molecular formula is C15H21N3O4. The number of rotatable bonds is 5. The number of aryl methyl sites for hydroxylation is 1. The third kappa shape index (κ3) is 3.96. The molecule has 120 valence electrons. The first-order chi connectivity index (χ1) is 10.5. The molecule has 0 aromatic heterocycles. The number of anilines is 2. The summed E-state index contributed by atoms with van der Waals surface area (Å²) in [5.74, 6) is 0.125. The van der Waals surface area contributed by atoms with E-state index < -0.39 is 18.7 Å². The molecule has 0 aliphatic carbocycles. The van der Waals surface area contributed by atoms with Gasteiger partial charge in [-0.1, -0.05) is 0 Å². The third-order valence-corrected chi connectivity index (χ3v) is 3.53. The third-order valence-electron chi connectivity index (χ3n) is 3.53. The second kappa shape index (κ2) is 7.24. The van der Waals surface area contributed by atoms with Crippen LogP contribution in [0.3, 0.4) is 0 Å². The van der Waals surface area contributed by atoms with Crippen LogP contribution in [0.25, 0.3) is 0 Å². The molecule has 0 bridgehead atoms. The summed E-state index contributed by atoms with van der Waals surface area (Å²) < 4.78 is 0. The molecule has 22 heavy (non-hydrogen) atoms. The van der Waals surface area contributed by atoms with Gasteiger partial charge in [-0.3, -0.25) is 4.79 Å². The lowest BCUT2D eigenvalue weighted by molar-refractivity contribution is -0.117. The summed E-state index contributed by atoms with van der Waals surface area (Å²) in [6.07, 6.45) is 0.471. The van der Waals surface area contributed by atoms with Gasteiger partial charge in [0.25, 0.3) is 0 Å². The minimum atomic E-state index is -0.976. The molecule has 1 unspecified atom stereocenters. The van der Waals surface area contributed by atoms with Gasteiger partial charge in [0.15, 0.2) is 0 Å². The number of benzene rings is 1. The van der Waals surface area contributed by atoms with E-state index in [2.05, 4.69) is 10.6 Å². The summed E-state index contributed by atoms with van der Waals surface area (Å²) in [7, 11) is 0. The molecule has 2 rings (SSSR count). The lowest BCUT2D eigenvalue weighted by Gasteiger charge is -2.19. The first-order valence-corrected chi connectivity index (χ1v) is 7.26. The second-order valence-corrected chi connectivity index (χ2v) is 5.32. The average molecular weight is 307 g/mol. The van der Waals surface area contributed by atoms with Crippen molar-refractivity contribution in [3.63, 3.8) is 0 Å². The highest BCUT2D eigenvalue weighted by molar-refractivity contribution is 5.96. The summed E-state index contributed by atoms with van der Waals surface area (Å²) >= 11 is 0. The Labute approximate surface area is 128 Å². The quantitative estimate of drug-likeness (QED) is 0.639. The molecule has 1 aromatic carbocycles. The lowest BCUT2D eigenvalue weighted by atomic mass is 10.1. The van der Waals surface area contributed by atoms with Crippen LogP contribution in [0.5, 0.6) is 0 Å². The van der Waals surface area contributed by atoms with Crippen LogP contribution in [-0.2, 0) is 4.79 Å². The van der Waals surface area contributed by atoms with E-state index in [1.807, 2.05) is 13.0 Å². The van der Waals surface area contributed by atoms with Crippen molar-refractivity contribution in [2.45, 2.75) is 25.9 Å². The van der Waals surface area contributed by atoms with E-state index >= 15 is 0 Å². The van der Waals surface area contributed by atoms with Crippen LogP contribution < -0.4 is 15.5 Å². The van der Waals surface area contributed by atoms with E-state index in [1.165, 1.54) is 0 Å². The molecule has 1 aliphatic heterocycles. The van der Waals surface area contributed by atoms with Gasteiger partial charge in [0.2, 0.25) is 5.91 Å². The largest absolute Gasteiger partial charge is 0.394 e. The first-order valence-electron chi connectivity index (χ1n) is 7.26. The predicted octanol–water partition coefficient (Wildman–Crippen LogP) is 0.597. The molecule has 1 fully saturated rings. The Hall–Kier alpha value is -2.12. The van der Waals surface area contributed by atoms with Gasteiger partial charge in [0, 0.05) is 30.9 Å². The molecule has 3 amide bonds. The molecule has 7 heteroatoms. The first kappa shape index (κ1) is 16.3. The normalized spacial score (nSPS) is 15.8. The molecule has 0 radical (unpaired) electrons. The monoisotopic (exact) mass is 307 g/mol. The van der Waals surface area contributed by atoms with Gasteiger partial charge in [-0.2, -0.15) is 0 Å². The van der Waals surface area contributed by atoms with Crippen molar-refractivity contribution in [3.8, 4) is 0 Å². The number of hydrogen-bond donors (Lipinski definition) is 4. The number of urea groups is 1. The number of nitrogens with zero attached hydrogens (tertiary/aromatic N) is 1. The Morgan fingerprint density at radius 3 is 2.82 bits per heavy atom. The van der Waals surface area contributed by atoms with Gasteiger partial charge in [-0.05, 0) is 37.1 Å². The average Bonchev–Trinajstić information content (AvgIpc) is 2.91. The molecule has 1 aliphatic rings. The number of hydrogen-bond acceptors (Lipinski definition) is 4. The van der Waals surface area contributed by atoms with Crippen molar-refractivity contribution in [1.29, 1.82) is 0 Å². The van der Waals surface area contributed by atoms with E-state index in [0.717, 1.165) is 24.2 Å². The number of carbonyl (C=O) groups is 2. The van der Waals surface area contributed by atoms with Gasteiger partial charge in [0.1, 0.15) is 0 Å². The van der Waals surface area contributed by atoms with Crippen LogP contribution in [0.15, 0.2) is 18.2 Å². The Morgan fingerprint density at radius 1 is 1.45 bits per heavy atom. The highest BCUT2D eigenvalue weighted by atomic mass is 16.3. The Bertz CT molecular complexity index is 562. The van der Waals surface area contributed by atoms with Gasteiger partial charge < -0.3 is 25.7 Å². The lowest BCUT2D eigenvalue weighted by Crippen LogP contribution is -2.36. The van der Waals surface area contributed by atoms with E-state index in [1.54, 1.807) is 17.0 Å². The van der Waals surface area contributed by atoms with E-state index in [0.29, 0.717) is 12.1 Å². The molecule has 7 nitrogen and oxygen atoms in total. The van der Waals surface area contributed by atoms with Crippen LogP contribution in [-0.4, -0.2) is 48.0 Å². The molecule has 4 N–H and O–H groups in total. The van der Waals surface area contributed by atoms with Crippen molar-refractivity contribution < 1.29 is 19.8 Å². The highest BCUT2D eigenvalue weighted by Crippen LogP contribution is 2.27. The van der Waals surface area contributed by atoms with Gasteiger partial charge in [-0.25, -0.2) is 4.79 Å². The number of carbonyl (C=O) groups excluding carboxylic acids is 2. The minimum absolute atomic E-state index is 0.0261. The Kier molecular flexibility index (Phi) is 5.35. The van der Waals surface area contributed by atoms with Crippen molar-refractivity contribution >= 4 is 23.3 Å². The summed E-state index contributed by atoms with van der Waals surface area (Å²) in [5.41, 5.74) is 2.37. The van der Waals surface area contributed by atoms with Crippen LogP contribution in [0.1, 0.15) is 18.4 Å². The summed E-state index contributed by atoms with van der Waals surface area (Å²) in [6, 6.07) is 4.88. The Balaban J connectivity index is 1.97. The number of aliphatic hydroxyl groups excluding tert-OH is 2. The van der Waals surface area contributed by atoms with Crippen LogP contribution >= 0.6 is 0 Å². The maximum Gasteiger partial charge on any atom is 0.319 e. The van der Waals surface area contributed by atoms with Gasteiger partial charge in [0.05, 0.1) is 12.7 Å². The van der Waals surface area contributed by atoms with Crippen LogP contribution in [0, 0.1) is 6.92 Å². The molecule has 1 heterocycles. The zero-order chi connectivity index (χ0) is 16.1. The number of nitrogens with one attached hydrogen (secondary N) is 2. The van der Waals surface area contributed by atoms with Crippen molar-refractivity contribution in [2.75, 3.05) is 29.9 Å². The van der Waals surface area contributed by atoms with Crippen molar-refractivity contribution in [3.05, 3.63) is 23.8 Å². The molecule has 0 saturated carbocycles. The summed E-state index contributed by atoms with van der Waals surface area (Å²) in [4.78, 5) is 25.2. The fourth-order valence-electron chi connectivity index (χ4n) is 2.39. The molecule has 1 saturated heterocycles. The second-order valence-electron chi connectivity index (χ2n) is 5.32. The zero-order valence-electron chi connectivity index (χ0n) is 12.5. The highest BCUT2D eigenvalue weighted by Gasteiger charge is 2.23. The van der Waals surface area contributed by atoms with E-state index in [4.69, 9.17) is 10.2 Å². The fourth-order valence-corrected chi connectivity index (χ4v) is 2.39. The maximum atomic E-state index is 11.8. The molecular weight excluding hydrogens is 286 g/mol. The van der Waals surface area contributed by atoms with E-state index in [-0.39, 0.29) is 12.5 Å². The molecule has 1 atom stereocenters. The SMILES string of the molecule is Cc1cc(NC(=O)NCC(O)CO)ccc1N1CCCC1=O. The minimum Gasteiger partial charge on any atom is -0.394 e. The predicted molar refractivity (Wildman–Crippen MR) is 82.9 cm³/mol.